The number of aliphatic hydroxyl groups excluding tert-OH is 1. The van der Waals surface area contributed by atoms with Crippen molar-refractivity contribution in [2.45, 2.75) is 31.9 Å². The highest BCUT2D eigenvalue weighted by Crippen LogP contribution is 2.35. The number of halogens is 2. The second-order valence-corrected chi connectivity index (χ2v) is 8.95. The molecule has 3 aromatic rings. The highest BCUT2D eigenvalue weighted by molar-refractivity contribution is 6.37. The Kier molecular flexibility index (Phi) is 6.88. The summed E-state index contributed by atoms with van der Waals surface area (Å²) in [4.78, 5) is 2.37. The molecular formula is C26H27Cl2NO2. The molecule has 3 nitrogen and oxygen atoms in total. The van der Waals surface area contributed by atoms with Crippen molar-refractivity contribution < 1.29 is 9.84 Å². The summed E-state index contributed by atoms with van der Waals surface area (Å²) >= 11 is 12.4. The molecule has 1 saturated heterocycles. The van der Waals surface area contributed by atoms with E-state index in [0.717, 1.165) is 47.3 Å². The van der Waals surface area contributed by atoms with Crippen molar-refractivity contribution in [3.05, 3.63) is 81.3 Å². The average Bonchev–Trinajstić information content (AvgIpc) is 2.80. The van der Waals surface area contributed by atoms with Gasteiger partial charge in [-0.3, -0.25) is 4.90 Å². The normalized spacial score (nSPS) is 16.9. The summed E-state index contributed by atoms with van der Waals surface area (Å²) in [6, 6.07) is 17.8. The topological polar surface area (TPSA) is 32.7 Å². The number of hydrogen-bond donors (Lipinski definition) is 1. The van der Waals surface area contributed by atoms with Crippen molar-refractivity contribution in [1.82, 2.24) is 4.90 Å². The minimum atomic E-state index is -0.563. The number of fused-ring (bicyclic) bond motifs is 1. The standard InChI is InChI=1S/C26H27Cl2NO2/c1-17(29-13-11-19(12-14-29)15-18-3-7-22(27)8-4-18)26(30)21-5-9-23-20(16-21)6-10-24(31-2)25(23)28/h3-10,15-17,26,30H,11-14H2,1-2H3. The van der Waals surface area contributed by atoms with Crippen LogP contribution in [-0.2, 0) is 0 Å². The number of hydrogen-bond acceptors (Lipinski definition) is 3. The molecule has 2 unspecified atom stereocenters. The molecule has 1 N–H and O–H groups in total. The molecule has 0 spiro atoms. The van der Waals surface area contributed by atoms with E-state index in [1.807, 2.05) is 42.5 Å². The van der Waals surface area contributed by atoms with E-state index >= 15 is 0 Å². The summed E-state index contributed by atoms with van der Waals surface area (Å²) in [7, 11) is 1.61. The SMILES string of the molecule is COc1ccc2cc(C(O)C(C)N3CCC(=Cc4ccc(Cl)cc4)CC3)ccc2c1Cl. The van der Waals surface area contributed by atoms with Crippen molar-refractivity contribution in [3.8, 4) is 5.75 Å². The van der Waals surface area contributed by atoms with Crippen LogP contribution in [0.25, 0.3) is 16.8 Å². The third-order valence-corrected chi connectivity index (χ3v) is 6.86. The second kappa shape index (κ2) is 9.62. The Bertz CT molecular complexity index is 1080. The van der Waals surface area contributed by atoms with Gasteiger partial charge >= 0.3 is 0 Å². The Balaban J connectivity index is 1.44. The van der Waals surface area contributed by atoms with E-state index < -0.39 is 6.10 Å². The first-order valence-electron chi connectivity index (χ1n) is 10.6. The van der Waals surface area contributed by atoms with Crippen LogP contribution >= 0.6 is 23.2 Å². The van der Waals surface area contributed by atoms with Gasteiger partial charge in [-0.05, 0) is 60.5 Å². The van der Waals surface area contributed by atoms with E-state index in [2.05, 4.69) is 30.0 Å². The summed E-state index contributed by atoms with van der Waals surface area (Å²) in [5, 5.41) is 14.4. The second-order valence-electron chi connectivity index (χ2n) is 8.14. The molecule has 162 valence electrons. The molecule has 1 aliphatic heterocycles. The Hall–Kier alpha value is -2.04. The van der Waals surface area contributed by atoms with Gasteiger partial charge in [0.25, 0.3) is 0 Å². The van der Waals surface area contributed by atoms with E-state index in [1.165, 1.54) is 11.1 Å². The Morgan fingerprint density at radius 1 is 1.00 bits per heavy atom. The van der Waals surface area contributed by atoms with Crippen molar-refractivity contribution in [1.29, 1.82) is 0 Å². The monoisotopic (exact) mass is 455 g/mol. The fraction of sp³-hybridized carbons (Fsp3) is 0.308. The molecule has 4 rings (SSSR count). The van der Waals surface area contributed by atoms with Crippen LogP contribution in [0.5, 0.6) is 5.75 Å². The zero-order valence-electron chi connectivity index (χ0n) is 17.8. The lowest BCUT2D eigenvalue weighted by Crippen LogP contribution is -2.41. The van der Waals surface area contributed by atoms with Crippen molar-refractivity contribution in [2.75, 3.05) is 20.2 Å². The predicted octanol–water partition coefficient (Wildman–Crippen LogP) is 6.76. The van der Waals surface area contributed by atoms with E-state index in [9.17, 15) is 5.11 Å². The summed E-state index contributed by atoms with van der Waals surface area (Å²) in [5.74, 6) is 0.659. The van der Waals surface area contributed by atoms with Crippen LogP contribution in [0, 0.1) is 0 Å². The minimum absolute atomic E-state index is 0.0308. The number of rotatable bonds is 5. The third kappa shape index (κ3) is 4.91. The number of piperidine rings is 1. The van der Waals surface area contributed by atoms with Gasteiger partial charge in [0.2, 0.25) is 0 Å². The number of likely N-dealkylation sites (tertiary alicyclic amines) is 1. The molecule has 0 aliphatic carbocycles. The zero-order chi connectivity index (χ0) is 22.0. The fourth-order valence-corrected chi connectivity index (χ4v) is 4.71. The van der Waals surface area contributed by atoms with Crippen LogP contribution in [0.15, 0.2) is 60.2 Å². The number of ether oxygens (including phenoxy) is 1. The van der Waals surface area contributed by atoms with Gasteiger partial charge in [-0.2, -0.15) is 0 Å². The fourth-order valence-electron chi connectivity index (χ4n) is 4.27. The van der Waals surface area contributed by atoms with Crippen molar-refractivity contribution >= 4 is 40.1 Å². The van der Waals surface area contributed by atoms with Gasteiger partial charge in [-0.15, -0.1) is 0 Å². The average molecular weight is 456 g/mol. The van der Waals surface area contributed by atoms with E-state index in [0.29, 0.717) is 10.8 Å². The summed E-state index contributed by atoms with van der Waals surface area (Å²) in [6.45, 7) is 3.98. The summed E-state index contributed by atoms with van der Waals surface area (Å²) in [6.07, 6.45) is 3.71. The van der Waals surface area contributed by atoms with Crippen molar-refractivity contribution in [3.63, 3.8) is 0 Å². The molecule has 0 amide bonds. The van der Waals surface area contributed by atoms with Gasteiger partial charge in [0.05, 0.1) is 18.2 Å². The highest BCUT2D eigenvalue weighted by Gasteiger charge is 2.26. The third-order valence-electron chi connectivity index (χ3n) is 6.22. The maximum absolute atomic E-state index is 11.1. The highest BCUT2D eigenvalue weighted by atomic mass is 35.5. The van der Waals surface area contributed by atoms with Crippen LogP contribution in [-0.4, -0.2) is 36.2 Å². The molecule has 1 fully saturated rings. The number of methoxy groups -OCH3 is 1. The lowest BCUT2D eigenvalue weighted by atomic mass is 9.95. The largest absolute Gasteiger partial charge is 0.495 e. The van der Waals surface area contributed by atoms with Crippen LogP contribution in [0.2, 0.25) is 10.0 Å². The van der Waals surface area contributed by atoms with Crippen LogP contribution in [0.1, 0.15) is 37.0 Å². The molecule has 1 heterocycles. The first-order valence-corrected chi connectivity index (χ1v) is 11.3. The lowest BCUT2D eigenvalue weighted by Gasteiger charge is -2.36. The van der Waals surface area contributed by atoms with Gasteiger partial charge in [0.1, 0.15) is 5.75 Å². The molecule has 3 aromatic carbocycles. The van der Waals surface area contributed by atoms with Crippen LogP contribution < -0.4 is 4.74 Å². The molecule has 31 heavy (non-hydrogen) atoms. The molecule has 5 heteroatoms. The van der Waals surface area contributed by atoms with E-state index in [4.69, 9.17) is 27.9 Å². The first-order chi connectivity index (χ1) is 15.0. The van der Waals surface area contributed by atoms with Gasteiger partial charge < -0.3 is 9.84 Å². The van der Waals surface area contributed by atoms with Gasteiger partial charge in [0.15, 0.2) is 0 Å². The predicted molar refractivity (Wildman–Crippen MR) is 130 cm³/mol. The Morgan fingerprint density at radius 2 is 1.71 bits per heavy atom. The summed E-state index contributed by atoms with van der Waals surface area (Å²) < 4.78 is 5.30. The first kappa shape index (κ1) is 22.2. The van der Waals surface area contributed by atoms with Crippen LogP contribution in [0.3, 0.4) is 0 Å². The minimum Gasteiger partial charge on any atom is -0.495 e. The zero-order valence-corrected chi connectivity index (χ0v) is 19.3. The van der Waals surface area contributed by atoms with Gasteiger partial charge in [0, 0.05) is 29.5 Å². The molecule has 0 aromatic heterocycles. The molecule has 2 atom stereocenters. The maximum Gasteiger partial charge on any atom is 0.138 e. The molecule has 0 bridgehead atoms. The number of aliphatic hydroxyl groups is 1. The van der Waals surface area contributed by atoms with Gasteiger partial charge in [-0.25, -0.2) is 0 Å². The molecule has 0 saturated carbocycles. The van der Waals surface area contributed by atoms with Gasteiger partial charge in [-0.1, -0.05) is 65.2 Å². The smallest absolute Gasteiger partial charge is 0.138 e. The molecule has 1 aliphatic rings. The summed E-state index contributed by atoms with van der Waals surface area (Å²) in [5.41, 5.74) is 3.53. The molecule has 0 radical (unpaired) electrons. The van der Waals surface area contributed by atoms with E-state index in [1.54, 1.807) is 7.11 Å². The Labute approximate surface area is 193 Å². The molecular weight excluding hydrogens is 429 g/mol. The maximum atomic E-state index is 11.1. The quantitative estimate of drug-likeness (QED) is 0.461. The van der Waals surface area contributed by atoms with E-state index in [-0.39, 0.29) is 6.04 Å². The number of nitrogens with zero attached hydrogens (tertiary/aromatic N) is 1. The van der Waals surface area contributed by atoms with Crippen molar-refractivity contribution in [2.24, 2.45) is 0 Å². The Morgan fingerprint density at radius 3 is 2.39 bits per heavy atom. The number of benzene rings is 3. The van der Waals surface area contributed by atoms with Crippen LogP contribution in [0.4, 0.5) is 0 Å². The lowest BCUT2D eigenvalue weighted by molar-refractivity contribution is 0.0535.